The highest BCUT2D eigenvalue weighted by molar-refractivity contribution is 4.80. The molecule has 0 aromatic rings. The van der Waals surface area contributed by atoms with Crippen molar-refractivity contribution in [2.45, 2.75) is 13.3 Å². The molecule has 0 aromatic carbocycles. The van der Waals surface area contributed by atoms with E-state index in [1.165, 1.54) is 13.1 Å². The fourth-order valence-corrected chi connectivity index (χ4v) is 2.07. The molecule has 3 heteroatoms. The van der Waals surface area contributed by atoms with Gasteiger partial charge in [0.1, 0.15) is 0 Å². The number of hydrogen-bond donors (Lipinski definition) is 1. The molecule has 0 saturated carbocycles. The Bertz CT molecular complexity index is 141. The van der Waals surface area contributed by atoms with E-state index in [9.17, 15) is 0 Å². The maximum atomic E-state index is 5.48. The zero-order valence-electron chi connectivity index (χ0n) is 8.83. The Balaban J connectivity index is 2.23. The summed E-state index contributed by atoms with van der Waals surface area (Å²) in [5.41, 5.74) is 5.48. The van der Waals surface area contributed by atoms with Gasteiger partial charge in [0.2, 0.25) is 0 Å². The van der Waals surface area contributed by atoms with Crippen LogP contribution in [-0.4, -0.2) is 44.8 Å². The lowest BCUT2D eigenvalue weighted by Gasteiger charge is -2.14. The third-order valence-electron chi connectivity index (χ3n) is 2.90. The molecule has 2 N–H and O–H groups in total. The van der Waals surface area contributed by atoms with Gasteiger partial charge in [0, 0.05) is 20.2 Å². The number of nitrogens with zero attached hydrogens (tertiary/aromatic N) is 1. The molecule has 3 nitrogen and oxygen atoms in total. The second-order valence-electron chi connectivity index (χ2n) is 4.09. The topological polar surface area (TPSA) is 38.5 Å². The molecule has 0 unspecified atom stereocenters. The molecular weight excluding hydrogens is 164 g/mol. The van der Waals surface area contributed by atoms with E-state index in [1.807, 2.05) is 0 Å². The second kappa shape index (κ2) is 5.58. The highest BCUT2D eigenvalue weighted by atomic mass is 16.5. The van der Waals surface area contributed by atoms with Crippen LogP contribution in [0.25, 0.3) is 0 Å². The smallest absolute Gasteiger partial charge is 0.0505 e. The zero-order valence-corrected chi connectivity index (χ0v) is 8.83. The van der Waals surface area contributed by atoms with Gasteiger partial charge >= 0.3 is 0 Å². The first kappa shape index (κ1) is 11.0. The van der Waals surface area contributed by atoms with Crippen molar-refractivity contribution in [1.29, 1.82) is 0 Å². The fraction of sp³-hybridized carbons (Fsp3) is 1.00. The maximum absolute atomic E-state index is 5.48. The summed E-state index contributed by atoms with van der Waals surface area (Å²) in [5, 5.41) is 0. The zero-order chi connectivity index (χ0) is 9.68. The van der Waals surface area contributed by atoms with Gasteiger partial charge in [-0.2, -0.15) is 0 Å². The Hall–Kier alpha value is -0.120. The van der Waals surface area contributed by atoms with E-state index < -0.39 is 0 Å². The molecule has 1 heterocycles. The summed E-state index contributed by atoms with van der Waals surface area (Å²) in [5.74, 6) is 1.50. The van der Waals surface area contributed by atoms with Gasteiger partial charge in [-0.05, 0) is 31.3 Å². The summed E-state index contributed by atoms with van der Waals surface area (Å²) in [7, 11) is 1.79. The van der Waals surface area contributed by atoms with Gasteiger partial charge in [0.25, 0.3) is 0 Å². The van der Waals surface area contributed by atoms with Crippen LogP contribution in [0, 0.1) is 11.8 Å². The molecule has 13 heavy (non-hydrogen) atoms. The van der Waals surface area contributed by atoms with E-state index in [4.69, 9.17) is 10.5 Å². The second-order valence-corrected chi connectivity index (χ2v) is 4.09. The van der Waals surface area contributed by atoms with Crippen molar-refractivity contribution < 1.29 is 4.74 Å². The van der Waals surface area contributed by atoms with Crippen LogP contribution in [0.4, 0.5) is 0 Å². The van der Waals surface area contributed by atoms with Crippen molar-refractivity contribution in [1.82, 2.24) is 4.90 Å². The third-order valence-corrected chi connectivity index (χ3v) is 2.90. The van der Waals surface area contributed by atoms with Crippen LogP contribution in [-0.2, 0) is 4.74 Å². The van der Waals surface area contributed by atoms with Crippen LogP contribution < -0.4 is 5.73 Å². The lowest BCUT2D eigenvalue weighted by Crippen LogP contribution is -2.24. The molecule has 0 radical (unpaired) electrons. The van der Waals surface area contributed by atoms with Gasteiger partial charge in [-0.25, -0.2) is 0 Å². The minimum atomic E-state index is 0.725. The van der Waals surface area contributed by atoms with Crippen LogP contribution in [0.3, 0.4) is 0 Å². The third kappa shape index (κ3) is 3.25. The van der Waals surface area contributed by atoms with Crippen molar-refractivity contribution in [2.75, 3.05) is 39.9 Å². The molecule has 0 spiro atoms. The largest absolute Gasteiger partial charge is 0.384 e. The van der Waals surface area contributed by atoms with E-state index in [0.717, 1.165) is 38.0 Å². The Labute approximate surface area is 81.2 Å². The van der Waals surface area contributed by atoms with Crippen LogP contribution in [0.1, 0.15) is 13.3 Å². The van der Waals surface area contributed by atoms with Gasteiger partial charge in [-0.1, -0.05) is 6.92 Å². The number of hydrogen-bond acceptors (Lipinski definition) is 3. The van der Waals surface area contributed by atoms with E-state index in [1.54, 1.807) is 7.11 Å². The van der Waals surface area contributed by atoms with Crippen molar-refractivity contribution in [3.63, 3.8) is 0 Å². The van der Waals surface area contributed by atoms with Gasteiger partial charge < -0.3 is 15.4 Å². The summed E-state index contributed by atoms with van der Waals surface area (Å²) in [4.78, 5) is 2.50. The van der Waals surface area contributed by atoms with Crippen molar-refractivity contribution >= 4 is 0 Å². The number of methoxy groups -OCH3 is 1. The summed E-state index contributed by atoms with van der Waals surface area (Å²) >= 11 is 0. The lowest BCUT2D eigenvalue weighted by atomic mass is 10.00. The normalized spacial score (nSPS) is 29.8. The SMILES string of the molecule is COC[C@@H]1CN(CCCN)C[C@H]1C. The Morgan fingerprint density at radius 1 is 1.46 bits per heavy atom. The molecule has 1 aliphatic heterocycles. The van der Waals surface area contributed by atoms with Crippen LogP contribution in [0.5, 0.6) is 0 Å². The lowest BCUT2D eigenvalue weighted by molar-refractivity contribution is 0.140. The maximum Gasteiger partial charge on any atom is 0.0505 e. The van der Waals surface area contributed by atoms with E-state index in [0.29, 0.717) is 0 Å². The number of rotatable bonds is 5. The predicted molar refractivity (Wildman–Crippen MR) is 54.6 cm³/mol. The molecule has 1 fully saturated rings. The summed E-state index contributed by atoms with van der Waals surface area (Å²) in [6.07, 6.45) is 1.12. The summed E-state index contributed by atoms with van der Waals surface area (Å²) < 4.78 is 5.20. The first-order valence-electron chi connectivity index (χ1n) is 5.19. The van der Waals surface area contributed by atoms with E-state index >= 15 is 0 Å². The minimum Gasteiger partial charge on any atom is -0.384 e. The molecule has 2 atom stereocenters. The number of ether oxygens (including phenoxy) is 1. The molecule has 0 bridgehead atoms. The van der Waals surface area contributed by atoms with Crippen molar-refractivity contribution in [3.05, 3.63) is 0 Å². The number of likely N-dealkylation sites (tertiary alicyclic amines) is 1. The Morgan fingerprint density at radius 2 is 2.23 bits per heavy atom. The first-order chi connectivity index (χ1) is 6.27. The standard InChI is InChI=1S/C10H22N2O/c1-9-6-12(5-3-4-11)7-10(9)8-13-2/h9-10H,3-8,11H2,1-2H3/t9-,10+/m1/s1. The molecule has 1 aliphatic rings. The molecule has 1 rings (SSSR count). The molecular formula is C10H22N2O. The quantitative estimate of drug-likeness (QED) is 0.681. The van der Waals surface area contributed by atoms with Gasteiger partial charge in [-0.3, -0.25) is 0 Å². The molecule has 0 aromatic heterocycles. The van der Waals surface area contributed by atoms with E-state index in [2.05, 4.69) is 11.8 Å². The summed E-state index contributed by atoms with van der Waals surface area (Å²) in [6, 6.07) is 0. The fourth-order valence-electron chi connectivity index (χ4n) is 2.07. The number of nitrogens with two attached hydrogens (primary N) is 1. The van der Waals surface area contributed by atoms with Gasteiger partial charge in [0.15, 0.2) is 0 Å². The molecule has 0 aliphatic carbocycles. The predicted octanol–water partition coefficient (Wildman–Crippen LogP) is 0.550. The highest BCUT2D eigenvalue weighted by Crippen LogP contribution is 2.22. The minimum absolute atomic E-state index is 0.725. The van der Waals surface area contributed by atoms with Crippen LogP contribution in [0.15, 0.2) is 0 Å². The van der Waals surface area contributed by atoms with Crippen LogP contribution in [0.2, 0.25) is 0 Å². The average Bonchev–Trinajstić information content (AvgIpc) is 2.45. The van der Waals surface area contributed by atoms with Crippen molar-refractivity contribution in [3.8, 4) is 0 Å². The Kier molecular flexibility index (Phi) is 4.70. The van der Waals surface area contributed by atoms with Crippen LogP contribution >= 0.6 is 0 Å². The molecule has 0 amide bonds. The van der Waals surface area contributed by atoms with Gasteiger partial charge in [0.05, 0.1) is 6.61 Å². The van der Waals surface area contributed by atoms with Gasteiger partial charge in [-0.15, -0.1) is 0 Å². The molecule has 1 saturated heterocycles. The first-order valence-corrected chi connectivity index (χ1v) is 5.19. The summed E-state index contributed by atoms with van der Waals surface area (Å²) in [6.45, 7) is 7.58. The monoisotopic (exact) mass is 186 g/mol. The molecule has 78 valence electrons. The van der Waals surface area contributed by atoms with Crippen molar-refractivity contribution in [2.24, 2.45) is 17.6 Å². The Morgan fingerprint density at radius 3 is 2.85 bits per heavy atom. The average molecular weight is 186 g/mol. The van der Waals surface area contributed by atoms with E-state index in [-0.39, 0.29) is 0 Å². The highest BCUT2D eigenvalue weighted by Gasteiger charge is 2.28.